The molecule has 1 aromatic rings. The SMILES string of the molecule is C=C(C)COCCNC(=O)c1ccc(O)c(Cl)c1. The van der Waals surface area contributed by atoms with Gasteiger partial charge in [0.1, 0.15) is 5.75 Å². The maximum absolute atomic E-state index is 11.7. The molecule has 0 aliphatic carbocycles. The monoisotopic (exact) mass is 269 g/mol. The predicted molar refractivity (Wildman–Crippen MR) is 71.1 cm³/mol. The lowest BCUT2D eigenvalue weighted by molar-refractivity contribution is 0.0927. The van der Waals surface area contributed by atoms with Crippen molar-refractivity contribution in [3.8, 4) is 5.75 Å². The van der Waals surface area contributed by atoms with Crippen molar-refractivity contribution in [2.75, 3.05) is 19.8 Å². The molecular weight excluding hydrogens is 254 g/mol. The first-order valence-corrected chi connectivity index (χ1v) is 5.87. The third kappa shape index (κ3) is 4.77. The highest BCUT2D eigenvalue weighted by Gasteiger charge is 2.07. The van der Waals surface area contributed by atoms with E-state index < -0.39 is 0 Å². The van der Waals surface area contributed by atoms with Gasteiger partial charge >= 0.3 is 0 Å². The van der Waals surface area contributed by atoms with Crippen LogP contribution in [0.3, 0.4) is 0 Å². The number of amides is 1. The van der Waals surface area contributed by atoms with E-state index in [2.05, 4.69) is 11.9 Å². The highest BCUT2D eigenvalue weighted by Crippen LogP contribution is 2.23. The number of rotatable bonds is 6. The first-order valence-electron chi connectivity index (χ1n) is 5.49. The van der Waals surface area contributed by atoms with Crippen LogP contribution in [0, 0.1) is 0 Å². The zero-order valence-electron chi connectivity index (χ0n) is 10.2. The molecule has 0 radical (unpaired) electrons. The van der Waals surface area contributed by atoms with E-state index in [4.69, 9.17) is 16.3 Å². The number of aromatic hydroxyl groups is 1. The topological polar surface area (TPSA) is 58.6 Å². The molecule has 5 heteroatoms. The van der Waals surface area contributed by atoms with Gasteiger partial charge in [-0.2, -0.15) is 0 Å². The Balaban J connectivity index is 2.36. The van der Waals surface area contributed by atoms with E-state index in [9.17, 15) is 9.90 Å². The van der Waals surface area contributed by atoms with Gasteiger partial charge in [-0.05, 0) is 25.1 Å². The van der Waals surface area contributed by atoms with Crippen molar-refractivity contribution in [1.29, 1.82) is 0 Å². The molecule has 4 nitrogen and oxygen atoms in total. The summed E-state index contributed by atoms with van der Waals surface area (Å²) in [7, 11) is 0. The zero-order valence-corrected chi connectivity index (χ0v) is 11.0. The van der Waals surface area contributed by atoms with Crippen molar-refractivity contribution in [2.24, 2.45) is 0 Å². The van der Waals surface area contributed by atoms with E-state index in [1.54, 1.807) is 0 Å². The Morgan fingerprint density at radius 3 is 2.89 bits per heavy atom. The number of phenols is 1. The van der Waals surface area contributed by atoms with Gasteiger partial charge in [-0.1, -0.05) is 23.8 Å². The van der Waals surface area contributed by atoms with Crippen LogP contribution in [0.15, 0.2) is 30.4 Å². The molecule has 1 aromatic carbocycles. The number of nitrogens with one attached hydrogen (secondary N) is 1. The van der Waals surface area contributed by atoms with Crippen LogP contribution in [0.5, 0.6) is 5.75 Å². The number of carbonyl (C=O) groups excluding carboxylic acids is 1. The van der Waals surface area contributed by atoms with E-state index in [-0.39, 0.29) is 16.7 Å². The lowest BCUT2D eigenvalue weighted by atomic mass is 10.2. The fourth-order valence-corrected chi connectivity index (χ4v) is 1.41. The van der Waals surface area contributed by atoms with Gasteiger partial charge in [0.15, 0.2) is 0 Å². The highest BCUT2D eigenvalue weighted by atomic mass is 35.5. The fraction of sp³-hybridized carbons (Fsp3) is 0.308. The molecule has 0 saturated carbocycles. The summed E-state index contributed by atoms with van der Waals surface area (Å²) in [5.74, 6) is -0.297. The van der Waals surface area contributed by atoms with Crippen molar-refractivity contribution in [3.63, 3.8) is 0 Å². The molecule has 18 heavy (non-hydrogen) atoms. The second kappa shape index (κ2) is 7.03. The Morgan fingerprint density at radius 2 is 2.28 bits per heavy atom. The maximum atomic E-state index is 11.7. The molecule has 2 N–H and O–H groups in total. The van der Waals surface area contributed by atoms with E-state index in [1.807, 2.05) is 6.92 Å². The van der Waals surface area contributed by atoms with Gasteiger partial charge in [-0.25, -0.2) is 0 Å². The minimum atomic E-state index is -0.254. The number of halogens is 1. The van der Waals surface area contributed by atoms with Gasteiger partial charge in [0.2, 0.25) is 0 Å². The Labute approximate surface area is 111 Å². The fourth-order valence-electron chi connectivity index (χ4n) is 1.23. The lowest BCUT2D eigenvalue weighted by Gasteiger charge is -2.07. The van der Waals surface area contributed by atoms with Gasteiger partial charge in [0, 0.05) is 12.1 Å². The number of carbonyl (C=O) groups is 1. The molecule has 0 atom stereocenters. The average Bonchev–Trinajstić information content (AvgIpc) is 2.31. The molecule has 0 heterocycles. The number of hydrogen-bond donors (Lipinski definition) is 2. The summed E-state index contributed by atoms with van der Waals surface area (Å²) >= 11 is 5.71. The molecule has 0 spiro atoms. The van der Waals surface area contributed by atoms with Gasteiger partial charge in [0.25, 0.3) is 5.91 Å². The van der Waals surface area contributed by atoms with Crippen LogP contribution in [0.4, 0.5) is 0 Å². The quantitative estimate of drug-likeness (QED) is 0.616. The largest absolute Gasteiger partial charge is 0.506 e. The van der Waals surface area contributed by atoms with E-state index >= 15 is 0 Å². The predicted octanol–water partition coefficient (Wildman–Crippen LogP) is 2.37. The summed E-state index contributed by atoms with van der Waals surface area (Å²) in [6.45, 7) is 6.89. The molecule has 0 unspecified atom stereocenters. The highest BCUT2D eigenvalue weighted by molar-refractivity contribution is 6.32. The first-order chi connectivity index (χ1) is 8.50. The minimum Gasteiger partial charge on any atom is -0.506 e. The summed E-state index contributed by atoms with van der Waals surface area (Å²) in [5, 5.41) is 12.1. The Kier molecular flexibility index (Phi) is 5.68. The number of benzene rings is 1. The number of phenolic OH excluding ortho intramolecular Hbond substituents is 1. The van der Waals surface area contributed by atoms with Crippen LogP contribution in [0.1, 0.15) is 17.3 Å². The van der Waals surface area contributed by atoms with Crippen molar-refractivity contribution in [1.82, 2.24) is 5.32 Å². The van der Waals surface area contributed by atoms with Crippen molar-refractivity contribution in [3.05, 3.63) is 40.9 Å². The van der Waals surface area contributed by atoms with Gasteiger partial charge in [-0.15, -0.1) is 0 Å². The average molecular weight is 270 g/mol. The van der Waals surface area contributed by atoms with Gasteiger partial charge < -0.3 is 15.2 Å². The van der Waals surface area contributed by atoms with Crippen LogP contribution in [0.2, 0.25) is 5.02 Å². The van der Waals surface area contributed by atoms with E-state index in [0.717, 1.165) is 5.57 Å². The second-order valence-electron chi connectivity index (χ2n) is 3.93. The molecule has 0 saturated heterocycles. The smallest absolute Gasteiger partial charge is 0.251 e. The maximum Gasteiger partial charge on any atom is 0.251 e. The lowest BCUT2D eigenvalue weighted by Crippen LogP contribution is -2.27. The third-order valence-electron chi connectivity index (χ3n) is 2.09. The van der Waals surface area contributed by atoms with Crippen LogP contribution < -0.4 is 5.32 Å². The molecule has 0 aliphatic heterocycles. The van der Waals surface area contributed by atoms with Crippen molar-refractivity contribution in [2.45, 2.75) is 6.92 Å². The molecule has 98 valence electrons. The van der Waals surface area contributed by atoms with E-state index in [0.29, 0.717) is 25.3 Å². The molecule has 0 aromatic heterocycles. The number of hydrogen-bond acceptors (Lipinski definition) is 3. The van der Waals surface area contributed by atoms with Crippen molar-refractivity contribution >= 4 is 17.5 Å². The minimum absolute atomic E-state index is 0.0435. The molecule has 0 aliphatic rings. The Hall–Kier alpha value is -1.52. The Bertz CT molecular complexity index is 446. The van der Waals surface area contributed by atoms with E-state index in [1.165, 1.54) is 18.2 Å². The molecule has 0 fully saturated rings. The summed E-state index contributed by atoms with van der Waals surface area (Å²) in [5.41, 5.74) is 1.34. The molecule has 1 amide bonds. The van der Waals surface area contributed by atoms with Crippen molar-refractivity contribution < 1.29 is 14.6 Å². The first kappa shape index (κ1) is 14.5. The second-order valence-corrected chi connectivity index (χ2v) is 4.34. The van der Waals surface area contributed by atoms with Gasteiger partial charge in [0.05, 0.1) is 18.2 Å². The Morgan fingerprint density at radius 1 is 1.56 bits per heavy atom. The summed E-state index contributed by atoms with van der Waals surface area (Å²) in [6, 6.07) is 4.31. The van der Waals surface area contributed by atoms with Crippen LogP contribution in [-0.4, -0.2) is 30.8 Å². The third-order valence-corrected chi connectivity index (χ3v) is 2.39. The van der Waals surface area contributed by atoms with Gasteiger partial charge in [-0.3, -0.25) is 4.79 Å². The number of ether oxygens (including phenoxy) is 1. The van der Waals surface area contributed by atoms with Crippen LogP contribution >= 0.6 is 11.6 Å². The normalized spacial score (nSPS) is 10.1. The molecule has 0 bridgehead atoms. The van der Waals surface area contributed by atoms with Crippen LogP contribution in [0.25, 0.3) is 0 Å². The summed E-state index contributed by atoms with van der Waals surface area (Å²) in [6.07, 6.45) is 0. The molecular formula is C13H16ClNO3. The zero-order chi connectivity index (χ0) is 13.5. The summed E-state index contributed by atoms with van der Waals surface area (Å²) in [4.78, 5) is 11.7. The molecule has 1 rings (SSSR count). The van der Waals surface area contributed by atoms with Crippen LogP contribution in [-0.2, 0) is 4.74 Å². The summed E-state index contributed by atoms with van der Waals surface area (Å²) < 4.78 is 5.24. The standard InChI is InChI=1S/C13H16ClNO3/c1-9(2)8-18-6-5-15-13(17)10-3-4-12(16)11(14)7-10/h3-4,7,16H,1,5-6,8H2,2H3,(H,15,17).